The lowest BCUT2D eigenvalue weighted by atomic mass is 10.2. The maximum absolute atomic E-state index is 14.1. The molecule has 5 nitrogen and oxygen atoms in total. The van der Waals surface area contributed by atoms with Gasteiger partial charge < -0.3 is 10.1 Å². The van der Waals surface area contributed by atoms with E-state index in [9.17, 15) is 12.8 Å². The molecule has 1 N–H and O–H groups in total. The van der Waals surface area contributed by atoms with Gasteiger partial charge in [0.05, 0.1) is 6.10 Å². The van der Waals surface area contributed by atoms with E-state index in [0.717, 1.165) is 12.1 Å². The molecule has 21 heavy (non-hydrogen) atoms. The fraction of sp³-hybridized carbons (Fsp3) is 0.571. The van der Waals surface area contributed by atoms with Crippen molar-refractivity contribution in [2.75, 3.05) is 26.7 Å². The first-order valence-electron chi connectivity index (χ1n) is 7.01. The highest BCUT2D eigenvalue weighted by molar-refractivity contribution is 7.89. The van der Waals surface area contributed by atoms with Gasteiger partial charge >= 0.3 is 0 Å². The Morgan fingerprint density at radius 1 is 1.48 bits per heavy atom. The summed E-state index contributed by atoms with van der Waals surface area (Å²) in [5.74, 6) is -0.703. The zero-order valence-electron chi connectivity index (χ0n) is 12.3. The number of sulfonamides is 1. The molecule has 1 fully saturated rings. The van der Waals surface area contributed by atoms with E-state index in [4.69, 9.17) is 4.74 Å². The van der Waals surface area contributed by atoms with Gasteiger partial charge in [-0.1, -0.05) is 13.0 Å². The smallest absolute Gasteiger partial charge is 0.246 e. The highest BCUT2D eigenvalue weighted by Gasteiger charge is 2.34. The summed E-state index contributed by atoms with van der Waals surface area (Å²) in [7, 11) is -2.24. The van der Waals surface area contributed by atoms with Gasteiger partial charge in [0, 0.05) is 26.7 Å². The largest absolute Gasteiger partial charge is 0.380 e. The van der Waals surface area contributed by atoms with Crippen LogP contribution >= 0.6 is 0 Å². The first-order chi connectivity index (χ1) is 9.98. The zero-order valence-corrected chi connectivity index (χ0v) is 13.1. The topological polar surface area (TPSA) is 58.6 Å². The van der Waals surface area contributed by atoms with Gasteiger partial charge in [0.25, 0.3) is 0 Å². The molecule has 1 aliphatic heterocycles. The molecule has 0 radical (unpaired) electrons. The molecule has 1 saturated heterocycles. The third kappa shape index (κ3) is 3.60. The van der Waals surface area contributed by atoms with Crippen LogP contribution in [0.5, 0.6) is 0 Å². The first-order valence-corrected chi connectivity index (χ1v) is 8.45. The van der Waals surface area contributed by atoms with Gasteiger partial charge in [-0.2, -0.15) is 4.31 Å². The fourth-order valence-electron chi connectivity index (χ4n) is 2.38. The molecule has 0 saturated carbocycles. The molecule has 1 atom stereocenters. The number of methoxy groups -OCH3 is 1. The Kier molecular flexibility index (Phi) is 5.32. The summed E-state index contributed by atoms with van der Waals surface area (Å²) < 4.78 is 45.5. The number of rotatable bonds is 6. The molecule has 7 heteroatoms. The third-order valence-corrected chi connectivity index (χ3v) is 5.53. The fourth-order valence-corrected chi connectivity index (χ4v) is 3.91. The van der Waals surface area contributed by atoms with Crippen molar-refractivity contribution in [3.05, 3.63) is 29.6 Å². The summed E-state index contributed by atoms with van der Waals surface area (Å²) in [6.07, 6.45) is 0.520. The second-order valence-electron chi connectivity index (χ2n) is 5.05. The molecule has 1 unspecified atom stereocenters. The number of ether oxygens (including phenoxy) is 1. The predicted molar refractivity (Wildman–Crippen MR) is 78.0 cm³/mol. The van der Waals surface area contributed by atoms with Crippen LogP contribution < -0.4 is 5.32 Å². The monoisotopic (exact) mass is 316 g/mol. The van der Waals surface area contributed by atoms with Crippen LogP contribution in [0, 0.1) is 5.82 Å². The van der Waals surface area contributed by atoms with E-state index in [1.54, 1.807) is 13.2 Å². The maximum atomic E-state index is 14.1. The lowest BCUT2D eigenvalue weighted by Crippen LogP contribution is -2.30. The molecular weight excluding hydrogens is 295 g/mol. The molecule has 0 amide bonds. The van der Waals surface area contributed by atoms with Crippen molar-refractivity contribution in [1.82, 2.24) is 9.62 Å². The summed E-state index contributed by atoms with van der Waals surface area (Å²) in [6, 6.07) is 4.26. The van der Waals surface area contributed by atoms with Crippen molar-refractivity contribution in [2.45, 2.75) is 30.9 Å². The van der Waals surface area contributed by atoms with Gasteiger partial charge in [-0.3, -0.25) is 0 Å². The van der Waals surface area contributed by atoms with E-state index < -0.39 is 15.8 Å². The average molecular weight is 316 g/mol. The van der Waals surface area contributed by atoms with E-state index in [0.29, 0.717) is 19.5 Å². The molecule has 1 aliphatic rings. The SMILES string of the molecule is CCNCc1ccc(S(=O)(=O)N2CCC(OC)C2)c(F)c1. The Hall–Kier alpha value is -1.02. The Labute approximate surface area is 125 Å². The number of hydrogen-bond acceptors (Lipinski definition) is 4. The number of halogens is 1. The van der Waals surface area contributed by atoms with Crippen LogP contribution in [0.2, 0.25) is 0 Å². The van der Waals surface area contributed by atoms with E-state index >= 15 is 0 Å². The summed E-state index contributed by atoms with van der Waals surface area (Å²) in [5, 5.41) is 3.08. The molecule has 1 heterocycles. The van der Waals surface area contributed by atoms with Crippen molar-refractivity contribution in [3.8, 4) is 0 Å². The van der Waals surface area contributed by atoms with Gasteiger partial charge in [0.2, 0.25) is 10.0 Å². The van der Waals surface area contributed by atoms with Crippen LogP contribution in [0.1, 0.15) is 18.9 Å². The molecule has 2 rings (SSSR count). The standard InChI is InChI=1S/C14H21FN2O3S/c1-3-16-9-11-4-5-14(13(15)8-11)21(18,19)17-7-6-12(10-17)20-2/h4-5,8,12,16H,3,6-7,9-10H2,1-2H3. The van der Waals surface area contributed by atoms with Gasteiger partial charge in [-0.25, -0.2) is 12.8 Å². The van der Waals surface area contributed by atoms with Crippen LogP contribution in [-0.4, -0.2) is 45.6 Å². The Balaban J connectivity index is 2.20. The molecule has 0 aliphatic carbocycles. The van der Waals surface area contributed by atoms with Crippen molar-refractivity contribution in [1.29, 1.82) is 0 Å². The highest BCUT2D eigenvalue weighted by Crippen LogP contribution is 2.24. The van der Waals surface area contributed by atoms with E-state index in [1.165, 1.54) is 16.4 Å². The molecule has 0 aromatic heterocycles. The van der Waals surface area contributed by atoms with Crippen molar-refractivity contribution in [2.24, 2.45) is 0 Å². The molecule has 118 valence electrons. The molecular formula is C14H21FN2O3S. The van der Waals surface area contributed by atoms with Crippen LogP contribution in [0.3, 0.4) is 0 Å². The molecule has 0 bridgehead atoms. The Morgan fingerprint density at radius 3 is 2.81 bits per heavy atom. The van der Waals surface area contributed by atoms with Crippen LogP contribution in [-0.2, 0) is 21.3 Å². The van der Waals surface area contributed by atoms with E-state index in [2.05, 4.69) is 5.32 Å². The Morgan fingerprint density at radius 2 is 2.24 bits per heavy atom. The maximum Gasteiger partial charge on any atom is 0.246 e. The van der Waals surface area contributed by atoms with Crippen molar-refractivity contribution in [3.63, 3.8) is 0 Å². The zero-order chi connectivity index (χ0) is 15.5. The van der Waals surface area contributed by atoms with Crippen LogP contribution in [0.4, 0.5) is 4.39 Å². The van der Waals surface area contributed by atoms with Gasteiger partial charge in [-0.05, 0) is 30.7 Å². The average Bonchev–Trinajstić information content (AvgIpc) is 2.94. The lowest BCUT2D eigenvalue weighted by Gasteiger charge is -2.17. The summed E-state index contributed by atoms with van der Waals surface area (Å²) in [6.45, 7) is 3.88. The van der Waals surface area contributed by atoms with E-state index in [-0.39, 0.29) is 17.5 Å². The second kappa shape index (κ2) is 6.83. The second-order valence-corrected chi connectivity index (χ2v) is 6.96. The normalized spacial score (nSPS) is 20.0. The highest BCUT2D eigenvalue weighted by atomic mass is 32.2. The van der Waals surface area contributed by atoms with E-state index in [1.807, 2.05) is 6.92 Å². The van der Waals surface area contributed by atoms with Gasteiger partial charge in [0.15, 0.2) is 0 Å². The number of nitrogens with zero attached hydrogens (tertiary/aromatic N) is 1. The Bertz CT molecular complexity index is 592. The summed E-state index contributed by atoms with van der Waals surface area (Å²) in [4.78, 5) is -0.264. The minimum Gasteiger partial charge on any atom is -0.380 e. The van der Waals surface area contributed by atoms with Gasteiger partial charge in [-0.15, -0.1) is 0 Å². The molecule has 0 spiro atoms. The minimum absolute atomic E-state index is 0.115. The van der Waals surface area contributed by atoms with Gasteiger partial charge in [0.1, 0.15) is 10.7 Å². The van der Waals surface area contributed by atoms with Crippen LogP contribution in [0.25, 0.3) is 0 Å². The quantitative estimate of drug-likeness (QED) is 0.860. The molecule has 1 aromatic carbocycles. The lowest BCUT2D eigenvalue weighted by molar-refractivity contribution is 0.115. The van der Waals surface area contributed by atoms with Crippen LogP contribution in [0.15, 0.2) is 23.1 Å². The summed E-state index contributed by atoms with van der Waals surface area (Å²) >= 11 is 0. The van der Waals surface area contributed by atoms with Crippen molar-refractivity contribution < 1.29 is 17.5 Å². The molecule has 1 aromatic rings. The predicted octanol–water partition coefficient (Wildman–Crippen LogP) is 1.34. The van der Waals surface area contributed by atoms with Crippen molar-refractivity contribution >= 4 is 10.0 Å². The minimum atomic E-state index is -3.79. The summed E-state index contributed by atoms with van der Waals surface area (Å²) in [5.41, 5.74) is 0.726. The number of hydrogen-bond donors (Lipinski definition) is 1. The number of nitrogens with one attached hydrogen (secondary N) is 1. The number of benzene rings is 1. The first kappa shape index (κ1) is 16.4. The third-order valence-electron chi connectivity index (χ3n) is 3.63.